The summed E-state index contributed by atoms with van der Waals surface area (Å²) >= 11 is 6.90. The number of rotatable bonds is 6. The Kier molecular flexibility index (Phi) is 9.82. The standard InChI is InChI=1S/C17H20ClF3N4S.HI/c1-3-22-16(24-11(2)12-4-6-13(18)7-5-12)23-9-8-15-25-14(10-26-15)17(19,20)21;/h4-7,10-11H,3,8-9H2,1-2H3,(H2,22,23,24);1H. The first-order valence-electron chi connectivity index (χ1n) is 8.11. The largest absolute Gasteiger partial charge is 0.434 e. The fraction of sp³-hybridized carbons (Fsp3) is 0.412. The molecule has 0 radical (unpaired) electrons. The summed E-state index contributed by atoms with van der Waals surface area (Å²) < 4.78 is 37.7. The minimum atomic E-state index is -4.40. The third-order valence-electron chi connectivity index (χ3n) is 3.51. The van der Waals surface area contributed by atoms with Crippen molar-refractivity contribution < 1.29 is 13.2 Å². The molecular formula is C17H21ClF3IN4S. The van der Waals surface area contributed by atoms with Crippen molar-refractivity contribution in [1.82, 2.24) is 15.6 Å². The lowest BCUT2D eigenvalue weighted by molar-refractivity contribution is -0.140. The number of thiazole rings is 1. The van der Waals surface area contributed by atoms with Gasteiger partial charge in [-0.3, -0.25) is 4.99 Å². The molecule has 0 aliphatic carbocycles. The predicted octanol–water partition coefficient (Wildman–Crippen LogP) is 5.29. The van der Waals surface area contributed by atoms with E-state index in [1.807, 2.05) is 38.1 Å². The average molecular weight is 533 g/mol. The van der Waals surface area contributed by atoms with Gasteiger partial charge in [-0.1, -0.05) is 23.7 Å². The molecule has 0 aliphatic heterocycles. The van der Waals surface area contributed by atoms with E-state index in [1.54, 1.807) is 0 Å². The highest BCUT2D eigenvalue weighted by molar-refractivity contribution is 14.0. The van der Waals surface area contributed by atoms with Crippen LogP contribution in [0.4, 0.5) is 13.2 Å². The van der Waals surface area contributed by atoms with Gasteiger partial charge in [0.05, 0.1) is 11.0 Å². The van der Waals surface area contributed by atoms with Crippen molar-refractivity contribution in [3.8, 4) is 0 Å². The first-order valence-corrected chi connectivity index (χ1v) is 9.37. The molecule has 0 amide bonds. The number of benzene rings is 1. The molecule has 1 aromatic carbocycles. The van der Waals surface area contributed by atoms with E-state index in [0.717, 1.165) is 22.3 Å². The molecule has 1 aromatic heterocycles. The molecule has 0 aliphatic rings. The van der Waals surface area contributed by atoms with Crippen molar-refractivity contribution in [2.24, 2.45) is 4.99 Å². The van der Waals surface area contributed by atoms with Crippen LogP contribution in [0.25, 0.3) is 0 Å². The number of aliphatic imine (C=N–C) groups is 1. The summed E-state index contributed by atoms with van der Waals surface area (Å²) in [5.74, 6) is 0.600. The van der Waals surface area contributed by atoms with Crippen LogP contribution in [0.5, 0.6) is 0 Å². The molecule has 0 spiro atoms. The molecule has 0 fully saturated rings. The topological polar surface area (TPSA) is 49.3 Å². The van der Waals surface area contributed by atoms with Crippen LogP contribution in [0.3, 0.4) is 0 Å². The van der Waals surface area contributed by atoms with E-state index in [4.69, 9.17) is 11.6 Å². The lowest BCUT2D eigenvalue weighted by Gasteiger charge is -2.18. The third-order valence-corrected chi connectivity index (χ3v) is 4.67. The number of alkyl halides is 3. The fourth-order valence-corrected chi connectivity index (χ4v) is 3.10. The molecule has 0 bridgehead atoms. The molecule has 150 valence electrons. The summed E-state index contributed by atoms with van der Waals surface area (Å²) in [6.45, 7) is 4.95. The highest BCUT2D eigenvalue weighted by Crippen LogP contribution is 2.30. The zero-order valence-corrected chi connectivity index (χ0v) is 18.7. The van der Waals surface area contributed by atoms with Gasteiger partial charge in [-0.15, -0.1) is 35.3 Å². The Morgan fingerprint density at radius 2 is 1.96 bits per heavy atom. The van der Waals surface area contributed by atoms with E-state index in [2.05, 4.69) is 20.6 Å². The van der Waals surface area contributed by atoms with Crippen LogP contribution in [0.2, 0.25) is 5.02 Å². The minimum Gasteiger partial charge on any atom is -0.357 e. The van der Waals surface area contributed by atoms with Crippen LogP contribution >= 0.6 is 46.9 Å². The monoisotopic (exact) mass is 532 g/mol. The second-order valence-electron chi connectivity index (χ2n) is 5.55. The molecular weight excluding hydrogens is 512 g/mol. The minimum absolute atomic E-state index is 0. The molecule has 4 nitrogen and oxygen atoms in total. The summed E-state index contributed by atoms with van der Waals surface area (Å²) in [4.78, 5) is 8.03. The molecule has 27 heavy (non-hydrogen) atoms. The maximum atomic E-state index is 12.6. The van der Waals surface area contributed by atoms with Gasteiger partial charge in [0.15, 0.2) is 11.7 Å². The van der Waals surface area contributed by atoms with Crippen LogP contribution in [0, 0.1) is 0 Å². The van der Waals surface area contributed by atoms with Crippen LogP contribution in [0.1, 0.15) is 36.2 Å². The second-order valence-corrected chi connectivity index (χ2v) is 6.93. The maximum absolute atomic E-state index is 12.6. The molecule has 2 N–H and O–H groups in total. The average Bonchev–Trinajstić information content (AvgIpc) is 3.05. The Hall–Kier alpha value is -1.07. The summed E-state index contributed by atoms with van der Waals surface area (Å²) in [5.41, 5.74) is 0.206. The van der Waals surface area contributed by atoms with E-state index >= 15 is 0 Å². The van der Waals surface area contributed by atoms with E-state index in [9.17, 15) is 13.2 Å². The normalized spacial score (nSPS) is 13.0. The van der Waals surface area contributed by atoms with E-state index in [1.165, 1.54) is 0 Å². The summed E-state index contributed by atoms with van der Waals surface area (Å²) in [6, 6.07) is 7.50. The molecule has 2 aromatic rings. The van der Waals surface area contributed by atoms with Crippen LogP contribution in [-0.2, 0) is 12.6 Å². The summed E-state index contributed by atoms with van der Waals surface area (Å²) in [7, 11) is 0. The molecule has 0 saturated carbocycles. The Morgan fingerprint density at radius 3 is 2.52 bits per heavy atom. The lowest BCUT2D eigenvalue weighted by atomic mass is 10.1. The number of guanidine groups is 1. The highest BCUT2D eigenvalue weighted by Gasteiger charge is 2.33. The molecule has 1 unspecified atom stereocenters. The zero-order valence-electron chi connectivity index (χ0n) is 14.8. The number of aromatic nitrogens is 1. The molecule has 1 atom stereocenters. The zero-order chi connectivity index (χ0) is 19.2. The highest BCUT2D eigenvalue weighted by atomic mass is 127. The smallest absolute Gasteiger partial charge is 0.357 e. The van der Waals surface area contributed by atoms with Crippen molar-refractivity contribution in [2.45, 2.75) is 32.5 Å². The number of nitrogens with zero attached hydrogens (tertiary/aromatic N) is 2. The summed E-state index contributed by atoms with van der Waals surface area (Å²) in [5, 5.41) is 8.52. The molecule has 1 heterocycles. The Balaban J connectivity index is 0.00000364. The van der Waals surface area contributed by atoms with Crippen molar-refractivity contribution in [3.63, 3.8) is 0 Å². The van der Waals surface area contributed by atoms with E-state index in [0.29, 0.717) is 35.5 Å². The van der Waals surface area contributed by atoms with Gasteiger partial charge in [0.25, 0.3) is 0 Å². The first kappa shape index (κ1) is 24.0. The van der Waals surface area contributed by atoms with Crippen molar-refractivity contribution in [3.05, 3.63) is 50.9 Å². The number of hydrogen-bond acceptors (Lipinski definition) is 3. The van der Waals surface area contributed by atoms with Crippen LogP contribution < -0.4 is 10.6 Å². The molecule has 0 saturated heterocycles. The number of hydrogen-bond donors (Lipinski definition) is 2. The number of halogens is 5. The Labute approximate surface area is 182 Å². The van der Waals surface area contributed by atoms with E-state index in [-0.39, 0.29) is 30.0 Å². The van der Waals surface area contributed by atoms with Gasteiger partial charge in [-0.05, 0) is 31.5 Å². The van der Waals surface area contributed by atoms with Gasteiger partial charge in [0, 0.05) is 29.9 Å². The van der Waals surface area contributed by atoms with Gasteiger partial charge < -0.3 is 10.6 Å². The fourth-order valence-electron chi connectivity index (χ4n) is 2.18. The first-order chi connectivity index (χ1) is 12.3. The van der Waals surface area contributed by atoms with Crippen molar-refractivity contribution in [1.29, 1.82) is 0 Å². The lowest BCUT2D eigenvalue weighted by Crippen LogP contribution is -2.38. The number of nitrogens with one attached hydrogen (secondary N) is 2. The SMILES string of the molecule is CCNC(=NCCc1nc(C(F)(F)F)cs1)NC(C)c1ccc(Cl)cc1.I. The van der Waals surface area contributed by atoms with Gasteiger partial charge in [0.2, 0.25) is 0 Å². The van der Waals surface area contributed by atoms with Gasteiger partial charge in [-0.2, -0.15) is 13.2 Å². The predicted molar refractivity (Wildman–Crippen MR) is 115 cm³/mol. The van der Waals surface area contributed by atoms with Crippen LogP contribution in [0.15, 0.2) is 34.6 Å². The Morgan fingerprint density at radius 1 is 1.30 bits per heavy atom. The molecule has 10 heteroatoms. The second kappa shape index (κ2) is 11.1. The van der Waals surface area contributed by atoms with E-state index < -0.39 is 11.9 Å². The van der Waals surface area contributed by atoms with Crippen LogP contribution in [-0.4, -0.2) is 24.0 Å². The Bertz CT molecular complexity index is 735. The quantitative estimate of drug-likeness (QED) is 0.302. The third kappa shape index (κ3) is 7.82. The van der Waals surface area contributed by atoms with Crippen molar-refractivity contribution >= 4 is 52.9 Å². The van der Waals surface area contributed by atoms with Gasteiger partial charge in [0.1, 0.15) is 0 Å². The van der Waals surface area contributed by atoms with Crippen molar-refractivity contribution in [2.75, 3.05) is 13.1 Å². The molecule has 2 rings (SSSR count). The van der Waals surface area contributed by atoms with Gasteiger partial charge >= 0.3 is 6.18 Å². The summed E-state index contributed by atoms with van der Waals surface area (Å²) in [6.07, 6.45) is -4.05. The van der Waals surface area contributed by atoms with Gasteiger partial charge in [-0.25, -0.2) is 4.98 Å². The maximum Gasteiger partial charge on any atom is 0.434 e.